The fourth-order valence-electron chi connectivity index (χ4n) is 4.25. The first-order chi connectivity index (χ1) is 14.7. The molecule has 2 unspecified atom stereocenters. The van der Waals surface area contributed by atoms with Crippen LogP contribution in [-0.4, -0.2) is 10.9 Å². The van der Waals surface area contributed by atoms with Gasteiger partial charge in [0, 0.05) is 16.3 Å². The first-order valence-corrected chi connectivity index (χ1v) is 13.0. The topological polar surface area (TPSA) is 37.3 Å². The molecule has 2 nitrogen and oxygen atoms in total. The number of carbonyl (C=O) groups excluding carboxylic acids is 1. The first kappa shape index (κ1) is 26.6. The van der Waals surface area contributed by atoms with Gasteiger partial charge in [0.1, 0.15) is 5.75 Å². The molecule has 0 saturated heterocycles. The van der Waals surface area contributed by atoms with Gasteiger partial charge >= 0.3 is 0 Å². The van der Waals surface area contributed by atoms with Gasteiger partial charge in [-0.15, -0.1) is 0 Å². The quantitative estimate of drug-likeness (QED) is 0.249. The second-order valence-electron chi connectivity index (χ2n) is 11.4. The number of benzene rings is 2. The number of phenolic OH excluding ortho intramolecular Hbond substituents is 1. The molecule has 2 aromatic rings. The van der Waals surface area contributed by atoms with Crippen LogP contribution in [0, 0.1) is 0 Å². The Balaban J connectivity index is 2.75. The van der Waals surface area contributed by atoms with Gasteiger partial charge in [-0.25, -0.2) is 0 Å². The lowest BCUT2D eigenvalue weighted by molar-refractivity contribution is 0.101. The molecule has 0 heterocycles. The summed E-state index contributed by atoms with van der Waals surface area (Å²) in [5.41, 5.74) is 3.91. The van der Waals surface area contributed by atoms with Crippen LogP contribution >= 0.6 is 8.58 Å². The van der Waals surface area contributed by atoms with Crippen molar-refractivity contribution in [1.29, 1.82) is 0 Å². The summed E-state index contributed by atoms with van der Waals surface area (Å²) in [6, 6.07) is 12.4. The largest absolute Gasteiger partial charge is 0.507 e. The van der Waals surface area contributed by atoms with Crippen molar-refractivity contribution in [2.24, 2.45) is 0 Å². The van der Waals surface area contributed by atoms with E-state index >= 15 is 0 Å². The maximum Gasteiger partial charge on any atom is 0.160 e. The van der Waals surface area contributed by atoms with E-state index in [9.17, 15) is 9.90 Å². The molecular formula is C29H43O2P. The van der Waals surface area contributed by atoms with Crippen molar-refractivity contribution in [2.75, 3.05) is 0 Å². The zero-order valence-corrected chi connectivity index (χ0v) is 22.6. The van der Waals surface area contributed by atoms with Crippen molar-refractivity contribution in [1.82, 2.24) is 0 Å². The van der Waals surface area contributed by atoms with Gasteiger partial charge in [-0.1, -0.05) is 120 Å². The number of phenols is 1. The highest BCUT2D eigenvalue weighted by molar-refractivity contribution is 7.48. The van der Waals surface area contributed by atoms with Crippen LogP contribution < -0.4 is 5.30 Å². The Morgan fingerprint density at radius 1 is 0.906 bits per heavy atom. The van der Waals surface area contributed by atoms with Crippen molar-refractivity contribution < 1.29 is 9.90 Å². The third kappa shape index (κ3) is 6.22. The minimum Gasteiger partial charge on any atom is -0.507 e. The van der Waals surface area contributed by atoms with Crippen LogP contribution in [0.4, 0.5) is 0 Å². The monoisotopic (exact) mass is 454 g/mol. The Kier molecular flexibility index (Phi) is 8.38. The average Bonchev–Trinajstić information content (AvgIpc) is 2.66. The predicted molar refractivity (Wildman–Crippen MR) is 141 cm³/mol. The zero-order chi connectivity index (χ0) is 24.3. The lowest BCUT2D eigenvalue weighted by atomic mass is 9.77. The van der Waals surface area contributed by atoms with Crippen molar-refractivity contribution in [3.63, 3.8) is 0 Å². The van der Waals surface area contributed by atoms with Crippen LogP contribution in [0.2, 0.25) is 0 Å². The molecule has 176 valence electrons. The SMILES string of the molecule is CCCCCC(C)(Pc1ccccc1C(C)=O)c1cc(C(C)(C)C)cc(C(C)(C)C)c1O. The van der Waals surface area contributed by atoms with Crippen molar-refractivity contribution in [3.05, 3.63) is 58.7 Å². The van der Waals surface area contributed by atoms with Crippen LogP contribution in [0.5, 0.6) is 5.75 Å². The Labute approximate surface area is 198 Å². The van der Waals surface area contributed by atoms with Crippen molar-refractivity contribution >= 4 is 19.7 Å². The zero-order valence-electron chi connectivity index (χ0n) is 21.6. The van der Waals surface area contributed by atoms with Crippen molar-refractivity contribution in [2.45, 2.75) is 104 Å². The summed E-state index contributed by atoms with van der Waals surface area (Å²) in [6.45, 7) is 19.4. The summed E-state index contributed by atoms with van der Waals surface area (Å²) >= 11 is 0. The lowest BCUT2D eigenvalue weighted by Crippen LogP contribution is -2.25. The molecule has 0 saturated carbocycles. The number of rotatable bonds is 8. The molecular weight excluding hydrogens is 411 g/mol. The van der Waals surface area contributed by atoms with Gasteiger partial charge in [-0.2, -0.15) is 0 Å². The number of Topliss-reactive ketones (excluding diaryl/α,β-unsaturated/α-hetero) is 1. The fourth-order valence-corrected chi connectivity index (χ4v) is 6.04. The van der Waals surface area contributed by atoms with Gasteiger partial charge in [0.05, 0.1) is 0 Å². The molecule has 0 aromatic heterocycles. The smallest absolute Gasteiger partial charge is 0.160 e. The molecule has 0 bridgehead atoms. The molecule has 0 radical (unpaired) electrons. The van der Waals surface area contributed by atoms with Crippen LogP contribution in [0.15, 0.2) is 36.4 Å². The van der Waals surface area contributed by atoms with E-state index in [0.29, 0.717) is 14.3 Å². The Morgan fingerprint density at radius 3 is 2.03 bits per heavy atom. The summed E-state index contributed by atoms with van der Waals surface area (Å²) in [7, 11) is 0.404. The molecule has 1 N–H and O–H groups in total. The van der Waals surface area contributed by atoms with E-state index in [1.165, 1.54) is 12.0 Å². The van der Waals surface area contributed by atoms with E-state index < -0.39 is 0 Å². The third-order valence-corrected chi connectivity index (χ3v) is 8.15. The molecule has 0 fully saturated rings. The second-order valence-corrected chi connectivity index (χ2v) is 13.3. The number of aromatic hydroxyl groups is 1. The maximum atomic E-state index is 12.3. The van der Waals surface area contributed by atoms with E-state index in [-0.39, 0.29) is 21.8 Å². The summed E-state index contributed by atoms with van der Waals surface area (Å²) < 4.78 is 0. The molecule has 0 aliphatic rings. The minimum atomic E-state index is -0.244. The number of ketones is 1. The molecule has 0 amide bonds. The van der Waals surface area contributed by atoms with Gasteiger partial charge < -0.3 is 5.11 Å². The highest BCUT2D eigenvalue weighted by atomic mass is 31.1. The molecule has 0 spiro atoms. The minimum absolute atomic E-state index is 0.0207. The number of hydrogen-bond acceptors (Lipinski definition) is 2. The third-order valence-electron chi connectivity index (χ3n) is 6.38. The number of hydrogen-bond donors (Lipinski definition) is 1. The van der Waals surface area contributed by atoms with Crippen LogP contribution in [0.1, 0.15) is 115 Å². The van der Waals surface area contributed by atoms with Gasteiger partial charge in [0.25, 0.3) is 0 Å². The van der Waals surface area contributed by atoms with E-state index in [1.807, 2.05) is 18.2 Å². The van der Waals surface area contributed by atoms with E-state index in [2.05, 4.69) is 73.6 Å². The summed E-state index contributed by atoms with van der Waals surface area (Å²) in [6.07, 6.45) is 4.41. The van der Waals surface area contributed by atoms with E-state index in [0.717, 1.165) is 41.3 Å². The fraction of sp³-hybridized carbons (Fsp3) is 0.552. The summed E-state index contributed by atoms with van der Waals surface area (Å²) in [5.74, 6) is 0.532. The normalized spacial score (nSPS) is 14.7. The van der Waals surface area contributed by atoms with Gasteiger partial charge in [0.2, 0.25) is 0 Å². The average molecular weight is 455 g/mol. The van der Waals surface area contributed by atoms with Gasteiger partial charge in [-0.05, 0) is 40.6 Å². The van der Waals surface area contributed by atoms with E-state index in [4.69, 9.17) is 0 Å². The maximum absolute atomic E-state index is 12.3. The van der Waals surface area contributed by atoms with Crippen molar-refractivity contribution in [3.8, 4) is 5.75 Å². The Hall–Kier alpha value is -1.66. The first-order valence-electron chi connectivity index (χ1n) is 12.0. The van der Waals surface area contributed by atoms with Crippen LogP contribution in [0.25, 0.3) is 0 Å². The Bertz CT molecular complexity index is 947. The molecule has 2 atom stereocenters. The summed E-state index contributed by atoms with van der Waals surface area (Å²) in [4.78, 5) is 12.3. The van der Waals surface area contributed by atoms with Crippen LogP contribution in [0.3, 0.4) is 0 Å². The highest BCUT2D eigenvalue weighted by Gasteiger charge is 2.35. The van der Waals surface area contributed by atoms with Gasteiger partial charge in [0.15, 0.2) is 5.78 Å². The Morgan fingerprint density at radius 2 is 1.50 bits per heavy atom. The molecule has 0 aliphatic heterocycles. The molecule has 2 aromatic carbocycles. The van der Waals surface area contributed by atoms with E-state index in [1.54, 1.807) is 6.92 Å². The standard InChI is InChI=1S/C29H43O2P/c1-10-11-14-17-29(9,32-25-16-13-12-15-22(25)20(2)30)24-19-21(27(3,4)5)18-23(26(24)31)28(6,7)8/h12-13,15-16,18-19,31-32H,10-11,14,17H2,1-9H3. The molecule has 32 heavy (non-hydrogen) atoms. The number of unbranched alkanes of at least 4 members (excludes halogenated alkanes) is 2. The predicted octanol–water partition coefficient (Wildman–Crippen LogP) is 7.99. The lowest BCUT2D eigenvalue weighted by Gasteiger charge is -2.36. The molecule has 0 aliphatic carbocycles. The van der Waals surface area contributed by atoms with Gasteiger partial charge in [-0.3, -0.25) is 4.79 Å². The number of carbonyl (C=O) groups is 1. The summed E-state index contributed by atoms with van der Waals surface area (Å²) in [5, 5.41) is 12.5. The highest BCUT2D eigenvalue weighted by Crippen LogP contribution is 2.51. The van der Waals surface area contributed by atoms with Crippen LogP contribution in [-0.2, 0) is 16.0 Å². The second kappa shape index (κ2) is 10.1. The molecule has 3 heteroatoms. The molecule has 2 rings (SSSR count).